The van der Waals surface area contributed by atoms with Crippen LogP contribution in [0.4, 0.5) is 0 Å². The zero-order chi connectivity index (χ0) is 9.64. The molecule has 10 radical (unpaired) electrons. The van der Waals surface area contributed by atoms with Crippen molar-refractivity contribution in [3.8, 4) is 0 Å². The zero-order valence-electron chi connectivity index (χ0n) is 8.54. The summed E-state index contributed by atoms with van der Waals surface area (Å²) < 4.78 is 0. The largest absolute Gasteiger partial charge is 0.0879 e. The first-order valence-electron chi connectivity index (χ1n) is 5.04. The van der Waals surface area contributed by atoms with Gasteiger partial charge < -0.3 is 0 Å². The van der Waals surface area contributed by atoms with Crippen LogP contribution >= 0.6 is 0 Å². The van der Waals surface area contributed by atoms with Crippen LogP contribution in [0.5, 0.6) is 0 Å². The minimum atomic E-state index is 0. The monoisotopic (exact) mass is 238 g/mol. The minimum absolute atomic E-state index is 0. The summed E-state index contributed by atoms with van der Waals surface area (Å²) in [6, 6.07) is 0. The molecule has 0 nitrogen and oxygen atoms in total. The van der Waals surface area contributed by atoms with Crippen molar-refractivity contribution in [2.24, 2.45) is 0 Å². The van der Waals surface area contributed by atoms with Gasteiger partial charge in [0.2, 0.25) is 0 Å². The van der Waals surface area contributed by atoms with Gasteiger partial charge in [0.1, 0.15) is 0 Å². The van der Waals surface area contributed by atoms with Crippen molar-refractivity contribution in [2.75, 3.05) is 0 Å². The van der Waals surface area contributed by atoms with E-state index in [2.05, 4.69) is 63.5 Å². The first-order valence-corrected chi connectivity index (χ1v) is 5.04. The Labute approximate surface area is 105 Å². The van der Waals surface area contributed by atoms with Crippen LogP contribution in [0.2, 0.25) is 0 Å². The Balaban J connectivity index is 0.00000112. The predicted molar refractivity (Wildman–Crippen MR) is 59.3 cm³/mol. The van der Waals surface area contributed by atoms with Crippen LogP contribution < -0.4 is 0 Å². The van der Waals surface area contributed by atoms with Crippen LogP contribution in [-0.2, 0) is 17.1 Å². The molecular formula is C14H14Fe. The summed E-state index contributed by atoms with van der Waals surface area (Å²) >= 11 is 0. The Bertz CT molecular complexity index is 174. The van der Waals surface area contributed by atoms with Crippen molar-refractivity contribution in [1.82, 2.24) is 0 Å². The van der Waals surface area contributed by atoms with E-state index in [0.717, 1.165) is 12.8 Å². The summed E-state index contributed by atoms with van der Waals surface area (Å²) in [5, 5.41) is 0. The molecule has 0 N–H and O–H groups in total. The van der Waals surface area contributed by atoms with E-state index in [4.69, 9.17) is 0 Å². The SMILES string of the molecule is [CH]1[CH][CH][C](/C=C\CC[C]2[CH][CH][CH][CH]2)[CH]1.[Fe]. The van der Waals surface area contributed by atoms with E-state index >= 15 is 0 Å². The average molecular weight is 238 g/mol. The summed E-state index contributed by atoms with van der Waals surface area (Å²) in [6.45, 7) is 0. The normalized spacial score (nSPS) is 23.7. The third-order valence-electron chi connectivity index (χ3n) is 2.33. The first-order chi connectivity index (χ1) is 6.95. The molecule has 2 saturated carbocycles. The molecule has 78 valence electrons. The number of rotatable bonds is 4. The topological polar surface area (TPSA) is 0 Å². The molecule has 0 saturated heterocycles. The minimum Gasteiger partial charge on any atom is -0.0879 e. The molecule has 2 rings (SSSR count). The van der Waals surface area contributed by atoms with Gasteiger partial charge in [-0.05, 0) is 70.1 Å². The van der Waals surface area contributed by atoms with Crippen molar-refractivity contribution >= 4 is 0 Å². The molecule has 0 atom stereocenters. The van der Waals surface area contributed by atoms with Crippen molar-refractivity contribution in [2.45, 2.75) is 12.8 Å². The van der Waals surface area contributed by atoms with Gasteiger partial charge in [-0.1, -0.05) is 12.2 Å². The third kappa shape index (κ3) is 4.74. The van der Waals surface area contributed by atoms with Crippen LogP contribution in [0.1, 0.15) is 12.8 Å². The smallest absolute Gasteiger partial charge is 0.00467 e. The van der Waals surface area contributed by atoms with E-state index in [1.807, 2.05) is 0 Å². The molecular weight excluding hydrogens is 224 g/mol. The molecule has 1 heteroatoms. The van der Waals surface area contributed by atoms with E-state index in [-0.39, 0.29) is 17.1 Å². The Kier molecular flexibility index (Phi) is 6.68. The van der Waals surface area contributed by atoms with Gasteiger partial charge in [-0.2, -0.15) is 0 Å². The molecule has 0 aliphatic heterocycles. The third-order valence-corrected chi connectivity index (χ3v) is 2.33. The Morgan fingerprint density at radius 2 is 1.47 bits per heavy atom. The molecule has 0 aromatic heterocycles. The molecule has 15 heavy (non-hydrogen) atoms. The van der Waals surface area contributed by atoms with Crippen molar-refractivity contribution in [3.05, 3.63) is 75.4 Å². The van der Waals surface area contributed by atoms with Crippen LogP contribution in [0.15, 0.2) is 12.2 Å². The fraction of sp³-hybridized carbons (Fsp3) is 0.143. The van der Waals surface area contributed by atoms with E-state index in [1.54, 1.807) is 0 Å². The van der Waals surface area contributed by atoms with E-state index in [0.29, 0.717) is 0 Å². The molecule has 0 bridgehead atoms. The number of hydrogen-bond donors (Lipinski definition) is 0. The molecule has 2 aliphatic carbocycles. The second-order valence-electron chi connectivity index (χ2n) is 3.45. The molecule has 0 heterocycles. The van der Waals surface area contributed by atoms with Gasteiger partial charge in [0, 0.05) is 23.0 Å². The Hall–Kier alpha value is 0.259. The molecule has 0 aromatic rings. The summed E-state index contributed by atoms with van der Waals surface area (Å²) in [6.07, 6.45) is 23.6. The maximum Gasteiger partial charge on any atom is 0.00467 e. The van der Waals surface area contributed by atoms with Crippen LogP contribution in [0.3, 0.4) is 0 Å². The fourth-order valence-electron chi connectivity index (χ4n) is 1.55. The van der Waals surface area contributed by atoms with Gasteiger partial charge in [-0.15, -0.1) is 0 Å². The second-order valence-corrected chi connectivity index (χ2v) is 3.45. The quantitative estimate of drug-likeness (QED) is 0.660. The van der Waals surface area contributed by atoms with Gasteiger partial charge >= 0.3 is 0 Å². The maximum atomic E-state index is 2.24. The standard InChI is InChI=1S/C14H14.Fe/c1-2-8-13(7-1)11-5-6-12-14-9-3-4-10-14;/h1-5,7-11H,6,12H2;/b11-5-;. The summed E-state index contributed by atoms with van der Waals surface area (Å²) in [5.74, 6) is 2.73. The zero-order valence-corrected chi connectivity index (χ0v) is 9.65. The van der Waals surface area contributed by atoms with Gasteiger partial charge in [-0.3, -0.25) is 0 Å². The van der Waals surface area contributed by atoms with E-state index in [9.17, 15) is 0 Å². The Morgan fingerprint density at radius 1 is 0.867 bits per heavy atom. The second kappa shape index (κ2) is 7.52. The van der Waals surface area contributed by atoms with Gasteiger partial charge in [0.05, 0.1) is 0 Å². The van der Waals surface area contributed by atoms with Crippen LogP contribution in [0, 0.1) is 63.2 Å². The van der Waals surface area contributed by atoms with Crippen molar-refractivity contribution in [1.29, 1.82) is 0 Å². The van der Waals surface area contributed by atoms with Gasteiger partial charge in [-0.25, -0.2) is 0 Å². The van der Waals surface area contributed by atoms with Gasteiger partial charge in [0.15, 0.2) is 0 Å². The van der Waals surface area contributed by atoms with Crippen LogP contribution in [-0.4, -0.2) is 0 Å². The van der Waals surface area contributed by atoms with Crippen LogP contribution in [0.25, 0.3) is 0 Å². The number of allylic oxidation sites excluding steroid dienone is 2. The van der Waals surface area contributed by atoms with Crippen molar-refractivity contribution in [3.63, 3.8) is 0 Å². The summed E-state index contributed by atoms with van der Waals surface area (Å²) in [7, 11) is 0. The summed E-state index contributed by atoms with van der Waals surface area (Å²) in [4.78, 5) is 0. The predicted octanol–water partition coefficient (Wildman–Crippen LogP) is 3.13. The summed E-state index contributed by atoms with van der Waals surface area (Å²) in [5.41, 5.74) is 0. The number of hydrogen-bond acceptors (Lipinski definition) is 0. The molecule has 0 unspecified atom stereocenters. The van der Waals surface area contributed by atoms with E-state index < -0.39 is 0 Å². The first kappa shape index (κ1) is 13.3. The van der Waals surface area contributed by atoms with Gasteiger partial charge in [0.25, 0.3) is 0 Å². The Morgan fingerprint density at radius 3 is 2.13 bits per heavy atom. The van der Waals surface area contributed by atoms with E-state index in [1.165, 1.54) is 11.8 Å². The average Bonchev–Trinajstić information content (AvgIpc) is 2.86. The molecule has 2 fully saturated rings. The molecule has 0 aromatic carbocycles. The molecule has 0 amide bonds. The molecule has 2 aliphatic rings. The fourth-order valence-corrected chi connectivity index (χ4v) is 1.55. The molecule has 0 spiro atoms. The van der Waals surface area contributed by atoms with Crippen molar-refractivity contribution < 1.29 is 17.1 Å². The maximum absolute atomic E-state index is 2.24.